The van der Waals surface area contributed by atoms with Gasteiger partial charge in [0.05, 0.1) is 19.8 Å². The molecule has 0 unspecified atom stereocenters. The van der Waals surface area contributed by atoms with Crippen molar-refractivity contribution in [3.05, 3.63) is 47.1 Å². The lowest BCUT2D eigenvalue weighted by Crippen LogP contribution is -2.04. The molecule has 0 atom stereocenters. The molecule has 1 heterocycles. The topological polar surface area (TPSA) is 13.6 Å². The number of hydrogen-bond donors (Lipinski definition) is 0. The summed E-state index contributed by atoms with van der Waals surface area (Å²) in [7, 11) is 0. The summed E-state index contributed by atoms with van der Waals surface area (Å²) < 4.78 is 18.8. The van der Waals surface area contributed by atoms with Gasteiger partial charge in [-0.3, -0.25) is 0 Å². The van der Waals surface area contributed by atoms with Crippen molar-refractivity contribution in [2.24, 2.45) is 0 Å². The number of rotatable bonds is 1. The molecule has 0 radical (unpaired) electrons. The third-order valence-corrected chi connectivity index (χ3v) is 2.39. The van der Waals surface area contributed by atoms with Gasteiger partial charge in [-0.1, -0.05) is 18.2 Å². The normalized spacial score (nSPS) is 15.6. The van der Waals surface area contributed by atoms with Crippen LogP contribution in [0.5, 0.6) is 0 Å². The average Bonchev–Trinajstić information content (AvgIpc) is 2.30. The predicted molar refractivity (Wildman–Crippen MR) is 56.1 cm³/mol. The summed E-state index contributed by atoms with van der Waals surface area (Å²) in [6.07, 6.45) is 2.62. The molecular weight excluding hydrogens is 193 g/mol. The molecule has 3 heteroatoms. The number of nitrogens with zero attached hydrogens (tertiary/aromatic N) is 1. The number of benzene rings is 1. The molecule has 1 aromatic rings. The quantitative estimate of drug-likeness (QED) is 0.639. The molecule has 0 N–H and O–H groups in total. The van der Waals surface area contributed by atoms with Gasteiger partial charge in [0.1, 0.15) is 5.82 Å². The van der Waals surface area contributed by atoms with Crippen molar-refractivity contribution in [1.82, 2.24) is 0 Å². The lowest BCUT2D eigenvalue weighted by molar-refractivity contribution is 0.161. The van der Waals surface area contributed by atoms with E-state index in [0.29, 0.717) is 24.5 Å². The van der Waals surface area contributed by atoms with Gasteiger partial charge in [-0.2, -0.15) is 0 Å². The van der Waals surface area contributed by atoms with E-state index in [0.717, 1.165) is 12.0 Å². The van der Waals surface area contributed by atoms with Crippen molar-refractivity contribution in [3.63, 3.8) is 0 Å². The Bertz CT molecular complexity index is 445. The fourth-order valence-electron chi connectivity index (χ4n) is 1.61. The minimum Gasteiger partial charge on any atom is -0.377 e. The van der Waals surface area contributed by atoms with Crippen molar-refractivity contribution < 1.29 is 9.13 Å². The highest BCUT2D eigenvalue weighted by molar-refractivity contribution is 5.68. The molecule has 2 nitrogen and oxygen atoms in total. The Hall–Kier alpha value is -1.66. The third-order valence-electron chi connectivity index (χ3n) is 2.39. The van der Waals surface area contributed by atoms with Gasteiger partial charge >= 0.3 is 0 Å². The second kappa shape index (κ2) is 4.24. The van der Waals surface area contributed by atoms with Gasteiger partial charge < -0.3 is 4.74 Å². The van der Waals surface area contributed by atoms with Crippen LogP contribution < -0.4 is 0 Å². The summed E-state index contributed by atoms with van der Waals surface area (Å²) >= 11 is 0. The highest BCUT2D eigenvalue weighted by atomic mass is 19.1. The Balaban J connectivity index is 2.37. The molecule has 0 amide bonds. The maximum atomic E-state index is 13.6. The van der Waals surface area contributed by atoms with Gasteiger partial charge in [-0.05, 0) is 18.1 Å². The van der Waals surface area contributed by atoms with Gasteiger partial charge in [0.2, 0.25) is 0 Å². The number of halogens is 1. The van der Waals surface area contributed by atoms with Crippen LogP contribution in [0.15, 0.2) is 24.3 Å². The SMILES string of the molecule is [C-]#[N+]c1ccc(C2=CCOCC2)c(F)c1. The molecule has 15 heavy (non-hydrogen) atoms. The van der Waals surface area contributed by atoms with Crippen molar-refractivity contribution in [1.29, 1.82) is 0 Å². The van der Waals surface area contributed by atoms with Crippen molar-refractivity contribution in [2.45, 2.75) is 6.42 Å². The fourth-order valence-corrected chi connectivity index (χ4v) is 1.61. The maximum Gasteiger partial charge on any atom is 0.190 e. The molecule has 1 aromatic carbocycles. The van der Waals surface area contributed by atoms with E-state index >= 15 is 0 Å². The summed E-state index contributed by atoms with van der Waals surface area (Å²) in [4.78, 5) is 3.18. The second-order valence-electron chi connectivity index (χ2n) is 3.33. The van der Waals surface area contributed by atoms with Crippen LogP contribution in [0, 0.1) is 12.4 Å². The molecule has 0 bridgehead atoms. The van der Waals surface area contributed by atoms with Crippen LogP contribution in [0.3, 0.4) is 0 Å². The molecule has 2 rings (SSSR count). The van der Waals surface area contributed by atoms with E-state index in [4.69, 9.17) is 11.3 Å². The van der Waals surface area contributed by atoms with Crippen LogP contribution in [0.1, 0.15) is 12.0 Å². The van der Waals surface area contributed by atoms with Gasteiger partial charge in [-0.25, -0.2) is 9.24 Å². The lowest BCUT2D eigenvalue weighted by Gasteiger charge is -2.14. The standard InChI is InChI=1S/C12H10FNO/c1-14-10-2-3-11(12(13)8-10)9-4-6-15-7-5-9/h2-4,8H,5-7H2. The van der Waals surface area contributed by atoms with Crippen molar-refractivity contribution >= 4 is 11.3 Å². The monoisotopic (exact) mass is 203 g/mol. The van der Waals surface area contributed by atoms with Gasteiger partial charge in [0.15, 0.2) is 5.69 Å². The molecule has 0 spiro atoms. The predicted octanol–water partition coefficient (Wildman–Crippen LogP) is 3.18. The fraction of sp³-hybridized carbons (Fsp3) is 0.250. The Labute approximate surface area is 87.8 Å². The molecule has 76 valence electrons. The zero-order valence-electron chi connectivity index (χ0n) is 8.16. The molecule has 0 aromatic heterocycles. The first-order valence-electron chi connectivity index (χ1n) is 4.75. The largest absolute Gasteiger partial charge is 0.377 e. The molecule has 1 aliphatic heterocycles. The first kappa shape index (κ1) is 9.88. The molecule has 0 saturated carbocycles. The zero-order valence-corrected chi connectivity index (χ0v) is 8.16. The van der Waals surface area contributed by atoms with Crippen LogP contribution in [0.25, 0.3) is 10.4 Å². The molecular formula is C12H10FNO. The van der Waals surface area contributed by atoms with E-state index in [1.165, 1.54) is 6.07 Å². The average molecular weight is 203 g/mol. The van der Waals surface area contributed by atoms with E-state index in [1.807, 2.05) is 6.08 Å². The van der Waals surface area contributed by atoms with E-state index in [2.05, 4.69) is 4.85 Å². The van der Waals surface area contributed by atoms with Gasteiger partial charge in [-0.15, -0.1) is 0 Å². The molecule has 0 saturated heterocycles. The minimum atomic E-state index is -0.323. The van der Waals surface area contributed by atoms with E-state index in [9.17, 15) is 4.39 Å². The molecule has 0 fully saturated rings. The summed E-state index contributed by atoms with van der Waals surface area (Å²) in [5.74, 6) is -0.323. The number of ether oxygens (including phenoxy) is 1. The zero-order chi connectivity index (χ0) is 10.7. The van der Waals surface area contributed by atoms with Crippen molar-refractivity contribution in [2.75, 3.05) is 13.2 Å². The second-order valence-corrected chi connectivity index (χ2v) is 3.33. The van der Waals surface area contributed by atoms with Gasteiger partial charge in [0, 0.05) is 5.56 Å². The summed E-state index contributed by atoms with van der Waals surface area (Å²) in [5, 5.41) is 0. The van der Waals surface area contributed by atoms with Crippen LogP contribution in [-0.4, -0.2) is 13.2 Å². The Morgan fingerprint density at radius 1 is 1.40 bits per heavy atom. The Morgan fingerprint density at radius 3 is 2.87 bits per heavy atom. The summed E-state index contributed by atoms with van der Waals surface area (Å²) in [6.45, 7) is 7.95. The minimum absolute atomic E-state index is 0.323. The Kier molecular flexibility index (Phi) is 2.79. The van der Waals surface area contributed by atoms with Gasteiger partial charge in [0.25, 0.3) is 0 Å². The first-order chi connectivity index (χ1) is 7.31. The van der Waals surface area contributed by atoms with E-state index in [1.54, 1.807) is 12.1 Å². The highest BCUT2D eigenvalue weighted by Gasteiger charge is 2.11. The third kappa shape index (κ3) is 2.05. The van der Waals surface area contributed by atoms with Crippen molar-refractivity contribution in [3.8, 4) is 0 Å². The van der Waals surface area contributed by atoms with Crippen LogP contribution in [0.2, 0.25) is 0 Å². The van der Waals surface area contributed by atoms with Crippen LogP contribution in [-0.2, 0) is 4.74 Å². The maximum absolute atomic E-state index is 13.6. The molecule has 0 aliphatic carbocycles. The Morgan fingerprint density at radius 2 is 2.27 bits per heavy atom. The summed E-state index contributed by atoms with van der Waals surface area (Å²) in [5.41, 5.74) is 1.89. The van der Waals surface area contributed by atoms with E-state index < -0.39 is 0 Å². The smallest absolute Gasteiger partial charge is 0.190 e. The van der Waals surface area contributed by atoms with Crippen LogP contribution in [0.4, 0.5) is 10.1 Å². The molecule has 1 aliphatic rings. The first-order valence-corrected chi connectivity index (χ1v) is 4.75. The highest BCUT2D eigenvalue weighted by Crippen LogP contribution is 2.26. The van der Waals surface area contributed by atoms with Crippen LogP contribution >= 0.6 is 0 Å². The van der Waals surface area contributed by atoms with E-state index in [-0.39, 0.29) is 5.82 Å². The lowest BCUT2D eigenvalue weighted by atomic mass is 10.0. The summed E-state index contributed by atoms with van der Waals surface area (Å²) in [6, 6.07) is 4.58. The number of hydrogen-bond acceptors (Lipinski definition) is 1.